The van der Waals surface area contributed by atoms with Gasteiger partial charge in [0.1, 0.15) is 12.0 Å². The summed E-state index contributed by atoms with van der Waals surface area (Å²) in [4.78, 5) is 23.8. The Labute approximate surface area is 148 Å². The van der Waals surface area contributed by atoms with Gasteiger partial charge in [-0.1, -0.05) is 22.8 Å². The number of carbonyl (C=O) groups excluding carboxylic acids is 1. The quantitative estimate of drug-likeness (QED) is 0.670. The maximum Gasteiger partial charge on any atom is 0.258 e. The van der Waals surface area contributed by atoms with Crippen molar-refractivity contribution >= 4 is 17.5 Å². The van der Waals surface area contributed by atoms with Crippen LogP contribution in [0.2, 0.25) is 5.02 Å². The van der Waals surface area contributed by atoms with E-state index in [2.05, 4.69) is 15.1 Å². The molecule has 1 aromatic carbocycles. The van der Waals surface area contributed by atoms with Crippen LogP contribution >= 0.6 is 11.6 Å². The van der Waals surface area contributed by atoms with Crippen LogP contribution in [-0.4, -0.2) is 37.0 Å². The average Bonchev–Trinajstić information content (AvgIpc) is 3.30. The number of hydrogen-bond donors (Lipinski definition) is 0. The average molecular weight is 356 g/mol. The highest BCUT2D eigenvalue weighted by atomic mass is 35.5. The Morgan fingerprint density at radius 1 is 1.36 bits per heavy atom. The number of fused-ring (bicyclic) bond motifs is 5. The predicted molar refractivity (Wildman–Crippen MR) is 89.6 cm³/mol. The van der Waals surface area contributed by atoms with Crippen molar-refractivity contribution in [3.05, 3.63) is 46.7 Å². The Morgan fingerprint density at radius 2 is 2.24 bits per heavy atom. The first-order valence-electron chi connectivity index (χ1n) is 8.13. The highest BCUT2D eigenvalue weighted by molar-refractivity contribution is 6.34. The van der Waals surface area contributed by atoms with E-state index in [9.17, 15) is 4.79 Å². The topological polar surface area (TPSA) is 77.1 Å². The fourth-order valence-electron chi connectivity index (χ4n) is 3.80. The molecule has 25 heavy (non-hydrogen) atoms. The first-order chi connectivity index (χ1) is 12.1. The molecule has 0 aliphatic carbocycles. The van der Waals surface area contributed by atoms with Crippen LogP contribution in [-0.2, 0) is 0 Å². The molecule has 0 radical (unpaired) electrons. The number of halogens is 1. The lowest BCUT2D eigenvalue weighted by molar-refractivity contribution is 0.0739. The molecule has 0 N–H and O–H groups in total. The molecular weight excluding hydrogens is 342 g/mol. The molecule has 2 aliphatic heterocycles. The summed E-state index contributed by atoms with van der Waals surface area (Å²) in [5, 5.41) is 4.46. The number of aryl methyl sites for hydroxylation is 1. The molecule has 1 saturated heterocycles. The number of aromatic nitrogens is 4. The summed E-state index contributed by atoms with van der Waals surface area (Å²) in [7, 11) is 0. The lowest BCUT2D eigenvalue weighted by atomic mass is 10.1. The van der Waals surface area contributed by atoms with Crippen molar-refractivity contribution < 1.29 is 9.32 Å². The van der Waals surface area contributed by atoms with Gasteiger partial charge in [0.15, 0.2) is 0 Å². The van der Waals surface area contributed by atoms with Gasteiger partial charge >= 0.3 is 0 Å². The van der Waals surface area contributed by atoms with Gasteiger partial charge in [0.2, 0.25) is 11.7 Å². The van der Waals surface area contributed by atoms with Crippen LogP contribution in [0.4, 0.5) is 0 Å². The summed E-state index contributed by atoms with van der Waals surface area (Å²) in [6, 6.07) is 5.39. The van der Waals surface area contributed by atoms with E-state index in [0.29, 0.717) is 34.5 Å². The van der Waals surface area contributed by atoms with E-state index in [0.717, 1.165) is 24.2 Å². The zero-order valence-corrected chi connectivity index (χ0v) is 14.2. The normalized spacial score (nSPS) is 18.7. The van der Waals surface area contributed by atoms with Crippen molar-refractivity contribution in [1.82, 2.24) is 24.6 Å². The predicted octanol–water partition coefficient (Wildman–Crippen LogP) is 3.17. The van der Waals surface area contributed by atoms with Crippen molar-refractivity contribution in [2.75, 3.05) is 6.54 Å². The van der Waals surface area contributed by atoms with Crippen molar-refractivity contribution in [1.29, 1.82) is 0 Å². The van der Waals surface area contributed by atoms with Crippen molar-refractivity contribution in [2.45, 2.75) is 25.8 Å². The van der Waals surface area contributed by atoms with Gasteiger partial charge in [0.25, 0.3) is 5.91 Å². The van der Waals surface area contributed by atoms with E-state index in [1.54, 1.807) is 19.3 Å². The summed E-state index contributed by atoms with van der Waals surface area (Å²) in [6.07, 6.45) is 3.51. The number of rotatable bonds is 1. The summed E-state index contributed by atoms with van der Waals surface area (Å²) in [5.41, 5.74) is 2.81. The van der Waals surface area contributed by atoms with Crippen LogP contribution in [0.3, 0.4) is 0 Å². The standard InChI is InChI=1S/C17H14ClN5O2/c1-9-20-16(21-25-9)14-15-12-6-3-7-22(12)17(24)13-10(18)4-2-5-11(13)23(15)8-19-14/h2,4-5,8,12H,3,6-7H2,1H3/t12-/m0/s1. The lowest BCUT2D eigenvalue weighted by Gasteiger charge is -2.22. The minimum atomic E-state index is -0.0766. The fourth-order valence-corrected chi connectivity index (χ4v) is 4.05. The smallest absolute Gasteiger partial charge is 0.258 e. The summed E-state index contributed by atoms with van der Waals surface area (Å²) >= 11 is 6.37. The summed E-state index contributed by atoms with van der Waals surface area (Å²) in [5.74, 6) is 0.881. The second-order valence-corrected chi connectivity index (χ2v) is 6.68. The van der Waals surface area contributed by atoms with Crippen LogP contribution in [0.1, 0.15) is 40.8 Å². The first-order valence-corrected chi connectivity index (χ1v) is 8.50. The lowest BCUT2D eigenvalue weighted by Crippen LogP contribution is -2.29. The van der Waals surface area contributed by atoms with Crippen LogP contribution < -0.4 is 0 Å². The molecule has 4 heterocycles. The Hall–Kier alpha value is -2.67. The highest BCUT2D eigenvalue weighted by Crippen LogP contribution is 2.43. The summed E-state index contributed by atoms with van der Waals surface area (Å²) < 4.78 is 7.06. The third-order valence-corrected chi connectivity index (χ3v) is 5.15. The molecule has 1 fully saturated rings. The van der Waals surface area contributed by atoms with E-state index in [1.165, 1.54) is 0 Å². The molecule has 0 unspecified atom stereocenters. The molecule has 5 rings (SSSR count). The van der Waals surface area contributed by atoms with E-state index in [4.69, 9.17) is 16.1 Å². The van der Waals surface area contributed by atoms with Gasteiger partial charge in [-0.05, 0) is 25.0 Å². The second kappa shape index (κ2) is 5.16. The highest BCUT2D eigenvalue weighted by Gasteiger charge is 2.40. The zero-order valence-electron chi connectivity index (χ0n) is 13.4. The van der Waals surface area contributed by atoms with E-state index in [1.807, 2.05) is 21.6 Å². The monoisotopic (exact) mass is 355 g/mol. The molecule has 126 valence electrons. The zero-order chi connectivity index (χ0) is 17.1. The van der Waals surface area contributed by atoms with E-state index < -0.39 is 0 Å². The third kappa shape index (κ3) is 1.99. The third-order valence-electron chi connectivity index (χ3n) is 4.84. The van der Waals surface area contributed by atoms with Crippen LogP contribution in [0.25, 0.3) is 17.2 Å². The Kier molecular flexibility index (Phi) is 3.03. The molecule has 0 spiro atoms. The number of carbonyl (C=O) groups is 1. The van der Waals surface area contributed by atoms with Gasteiger partial charge in [0.05, 0.1) is 28.0 Å². The molecule has 3 aromatic rings. The van der Waals surface area contributed by atoms with Gasteiger partial charge in [-0.2, -0.15) is 4.98 Å². The molecule has 2 aromatic heterocycles. The molecule has 0 bridgehead atoms. The van der Waals surface area contributed by atoms with Crippen molar-refractivity contribution in [2.24, 2.45) is 0 Å². The number of amides is 1. The number of imidazole rings is 1. The fraction of sp³-hybridized carbons (Fsp3) is 0.294. The molecule has 0 saturated carbocycles. The molecule has 1 amide bonds. The van der Waals surface area contributed by atoms with E-state index >= 15 is 0 Å². The molecule has 8 heteroatoms. The number of benzene rings is 1. The largest absolute Gasteiger partial charge is 0.339 e. The van der Waals surface area contributed by atoms with E-state index in [-0.39, 0.29) is 11.9 Å². The Bertz CT molecular complexity index is 1010. The number of nitrogens with zero attached hydrogens (tertiary/aromatic N) is 5. The van der Waals surface area contributed by atoms with Gasteiger partial charge in [-0.3, -0.25) is 9.36 Å². The van der Waals surface area contributed by atoms with Crippen molar-refractivity contribution in [3.8, 4) is 17.2 Å². The van der Waals surface area contributed by atoms with Crippen LogP contribution in [0.5, 0.6) is 0 Å². The first kappa shape index (κ1) is 14.7. The molecular formula is C17H14ClN5O2. The van der Waals surface area contributed by atoms with Gasteiger partial charge in [-0.25, -0.2) is 4.98 Å². The minimum Gasteiger partial charge on any atom is -0.339 e. The summed E-state index contributed by atoms with van der Waals surface area (Å²) in [6.45, 7) is 2.44. The van der Waals surface area contributed by atoms with Gasteiger partial charge < -0.3 is 9.42 Å². The molecule has 7 nitrogen and oxygen atoms in total. The van der Waals surface area contributed by atoms with Gasteiger partial charge in [0, 0.05) is 13.5 Å². The van der Waals surface area contributed by atoms with Gasteiger partial charge in [-0.15, -0.1) is 0 Å². The second-order valence-electron chi connectivity index (χ2n) is 6.28. The Morgan fingerprint density at radius 3 is 3.04 bits per heavy atom. The van der Waals surface area contributed by atoms with Crippen LogP contribution in [0, 0.1) is 6.92 Å². The maximum atomic E-state index is 13.1. The maximum absolute atomic E-state index is 13.1. The van der Waals surface area contributed by atoms with Crippen molar-refractivity contribution in [3.63, 3.8) is 0 Å². The minimum absolute atomic E-state index is 0.0398. The SMILES string of the molecule is Cc1nc(-c2ncn3c2[C@@H]2CCCN2C(=O)c2c(Cl)cccc2-3)no1. The number of hydrogen-bond acceptors (Lipinski definition) is 5. The van der Waals surface area contributed by atoms with Crippen LogP contribution in [0.15, 0.2) is 29.0 Å². The molecule has 1 atom stereocenters. The Balaban J connectivity index is 1.82. The molecule has 2 aliphatic rings.